The Morgan fingerprint density at radius 3 is 2.73 bits per heavy atom. The van der Waals surface area contributed by atoms with Gasteiger partial charge in [0, 0.05) is 26.6 Å². The molecule has 208 valence electrons. The lowest BCUT2D eigenvalue weighted by Crippen LogP contribution is -2.29. The molecule has 0 fully saturated rings. The third-order valence-electron chi connectivity index (χ3n) is 7.08. The molecule has 40 heavy (non-hydrogen) atoms. The van der Waals surface area contributed by atoms with Crippen molar-refractivity contribution in [3.63, 3.8) is 0 Å². The van der Waals surface area contributed by atoms with Gasteiger partial charge in [0.2, 0.25) is 0 Å². The molecule has 0 aromatic heterocycles. The number of halogens is 1. The number of benzene rings is 4. The molecule has 0 spiro atoms. The number of amides is 1. The van der Waals surface area contributed by atoms with E-state index in [4.69, 9.17) is 16.3 Å². The molecule has 1 aliphatic carbocycles. The van der Waals surface area contributed by atoms with Gasteiger partial charge in [-0.1, -0.05) is 66.2 Å². The number of carbonyl (C=O) groups excluding carboxylic acids is 1. The van der Waals surface area contributed by atoms with Gasteiger partial charge in [0.25, 0.3) is 5.91 Å². The van der Waals surface area contributed by atoms with Gasteiger partial charge in [-0.15, -0.1) is 0 Å². The molecule has 0 radical (unpaired) electrons. The van der Waals surface area contributed by atoms with Crippen LogP contribution in [0.2, 0.25) is 5.02 Å². The standard InChI is InChI=1S/C33H32ClN3O3.2H2/c1-22-18-23(21-36-37-33(39)26-14-15-31(38)29(34)20-26)19-28(25-8-3-2-4-9-25)32(22)40-17-16-35-30-13-7-11-24-10-5-6-12-27(24)30;;/h2-6,8-10,12,14-15,18-21,30,35,38H,7,11,13,16-17H2,1H3,(H,37,39);2*1H/b36-21+;;. The second-order valence-electron chi connectivity index (χ2n) is 9.89. The lowest BCUT2D eigenvalue weighted by Gasteiger charge is -2.26. The molecule has 6 nitrogen and oxygen atoms in total. The van der Waals surface area contributed by atoms with Crippen LogP contribution in [0.4, 0.5) is 0 Å². The fourth-order valence-electron chi connectivity index (χ4n) is 5.13. The molecule has 7 heteroatoms. The molecule has 0 heterocycles. The summed E-state index contributed by atoms with van der Waals surface area (Å²) in [6.45, 7) is 3.29. The summed E-state index contributed by atoms with van der Waals surface area (Å²) < 4.78 is 6.37. The van der Waals surface area contributed by atoms with Crippen LogP contribution < -0.4 is 15.5 Å². The highest BCUT2D eigenvalue weighted by Crippen LogP contribution is 2.34. The molecule has 0 aliphatic heterocycles. The normalized spacial score (nSPS) is 14.6. The minimum absolute atomic E-state index is 0. The molecular weight excluding hydrogens is 522 g/mol. The van der Waals surface area contributed by atoms with Crippen LogP contribution in [-0.2, 0) is 6.42 Å². The van der Waals surface area contributed by atoms with Crippen LogP contribution in [0.3, 0.4) is 0 Å². The number of phenols is 1. The van der Waals surface area contributed by atoms with Crippen molar-refractivity contribution in [1.82, 2.24) is 10.7 Å². The fraction of sp³-hybridized carbons (Fsp3) is 0.212. The van der Waals surface area contributed by atoms with Gasteiger partial charge in [-0.05, 0) is 84.3 Å². The number of phenolic OH excluding ortho intramolecular Hbond substituents is 1. The average molecular weight is 558 g/mol. The zero-order valence-corrected chi connectivity index (χ0v) is 23.1. The molecule has 0 bridgehead atoms. The van der Waals surface area contributed by atoms with Gasteiger partial charge >= 0.3 is 0 Å². The van der Waals surface area contributed by atoms with Crippen molar-refractivity contribution in [2.45, 2.75) is 32.2 Å². The Balaban J connectivity index is 0.00000242. The number of hydrogen-bond donors (Lipinski definition) is 3. The predicted molar refractivity (Wildman–Crippen MR) is 165 cm³/mol. The summed E-state index contributed by atoms with van der Waals surface area (Å²) in [4.78, 5) is 12.4. The van der Waals surface area contributed by atoms with E-state index >= 15 is 0 Å². The monoisotopic (exact) mass is 557 g/mol. The zero-order chi connectivity index (χ0) is 27.9. The van der Waals surface area contributed by atoms with Crippen LogP contribution in [-0.4, -0.2) is 30.4 Å². The molecule has 0 saturated carbocycles. The number of nitrogens with zero attached hydrogens (tertiary/aromatic N) is 1. The Morgan fingerprint density at radius 1 is 1.10 bits per heavy atom. The lowest BCUT2D eigenvalue weighted by molar-refractivity contribution is 0.0955. The van der Waals surface area contributed by atoms with E-state index in [9.17, 15) is 9.90 Å². The van der Waals surface area contributed by atoms with Gasteiger partial charge in [0.1, 0.15) is 18.1 Å². The van der Waals surface area contributed by atoms with Crippen molar-refractivity contribution in [2.75, 3.05) is 13.2 Å². The Morgan fingerprint density at radius 2 is 1.90 bits per heavy atom. The molecule has 3 N–H and O–H groups in total. The third kappa shape index (κ3) is 6.53. The largest absolute Gasteiger partial charge is 0.506 e. The number of fused-ring (bicyclic) bond motifs is 1. The second-order valence-corrected chi connectivity index (χ2v) is 10.3. The summed E-state index contributed by atoms with van der Waals surface area (Å²) in [7, 11) is 0. The first-order valence-electron chi connectivity index (χ1n) is 13.5. The minimum atomic E-state index is -0.425. The van der Waals surface area contributed by atoms with Gasteiger partial charge in [0.05, 0.1) is 11.2 Å². The molecule has 4 aromatic rings. The first-order valence-corrected chi connectivity index (χ1v) is 13.8. The van der Waals surface area contributed by atoms with Gasteiger partial charge in [0.15, 0.2) is 0 Å². The topological polar surface area (TPSA) is 83.0 Å². The number of aryl methyl sites for hydroxylation is 2. The van der Waals surface area contributed by atoms with Crippen molar-refractivity contribution in [1.29, 1.82) is 0 Å². The SMILES string of the molecule is Cc1cc(/C=N/NC(=O)c2ccc(O)c(Cl)c2)cc(-c2ccccc2)c1OCCNC1CCCc2ccccc21.[HH].[HH]. The highest BCUT2D eigenvalue weighted by atomic mass is 35.5. The van der Waals surface area contributed by atoms with Crippen LogP contribution >= 0.6 is 11.6 Å². The molecule has 1 atom stereocenters. The van der Waals surface area contributed by atoms with Crippen molar-refractivity contribution < 1.29 is 17.5 Å². The first kappa shape index (κ1) is 27.4. The Bertz CT molecular complexity index is 1530. The quantitative estimate of drug-likeness (QED) is 0.114. The maximum Gasteiger partial charge on any atom is 0.271 e. The molecule has 1 aliphatic rings. The maximum absolute atomic E-state index is 12.4. The second kappa shape index (κ2) is 12.8. The van der Waals surface area contributed by atoms with E-state index < -0.39 is 5.91 Å². The highest BCUT2D eigenvalue weighted by molar-refractivity contribution is 6.32. The van der Waals surface area contributed by atoms with Crippen LogP contribution in [0, 0.1) is 6.92 Å². The van der Waals surface area contributed by atoms with E-state index in [0.717, 1.165) is 47.4 Å². The third-order valence-corrected chi connectivity index (χ3v) is 7.38. The van der Waals surface area contributed by atoms with Crippen LogP contribution in [0.1, 0.15) is 54.3 Å². The van der Waals surface area contributed by atoms with E-state index in [2.05, 4.69) is 52.2 Å². The lowest BCUT2D eigenvalue weighted by atomic mass is 9.88. The first-order chi connectivity index (χ1) is 19.5. The number of hydrazone groups is 1. The maximum atomic E-state index is 12.4. The van der Waals surface area contributed by atoms with Crippen molar-refractivity contribution >= 4 is 23.7 Å². The summed E-state index contributed by atoms with van der Waals surface area (Å²) in [6.07, 6.45) is 5.08. The predicted octanol–water partition coefficient (Wildman–Crippen LogP) is 7.32. The highest BCUT2D eigenvalue weighted by Gasteiger charge is 2.19. The van der Waals surface area contributed by atoms with E-state index in [0.29, 0.717) is 18.2 Å². The van der Waals surface area contributed by atoms with Crippen molar-refractivity contribution in [3.05, 3.63) is 118 Å². The number of aromatic hydroxyl groups is 1. The van der Waals surface area contributed by atoms with Crippen LogP contribution in [0.15, 0.2) is 90.0 Å². The number of rotatable bonds is 9. The smallest absolute Gasteiger partial charge is 0.271 e. The van der Waals surface area contributed by atoms with E-state index in [1.807, 2.05) is 37.3 Å². The van der Waals surface area contributed by atoms with Gasteiger partial charge in [-0.25, -0.2) is 5.43 Å². The molecule has 1 amide bonds. The summed E-state index contributed by atoms with van der Waals surface area (Å²) in [5.74, 6) is 0.325. The van der Waals surface area contributed by atoms with Gasteiger partial charge in [-0.3, -0.25) is 4.79 Å². The summed E-state index contributed by atoms with van der Waals surface area (Å²) in [5.41, 5.74) is 9.45. The van der Waals surface area contributed by atoms with Crippen molar-refractivity contribution in [3.8, 4) is 22.6 Å². The molecule has 5 rings (SSSR count). The Hall–Kier alpha value is -4.13. The molecule has 4 aromatic carbocycles. The number of nitrogens with one attached hydrogen (secondary N) is 2. The number of ether oxygens (including phenoxy) is 1. The van der Waals surface area contributed by atoms with E-state index in [1.54, 1.807) is 6.21 Å². The van der Waals surface area contributed by atoms with Crippen LogP contribution in [0.25, 0.3) is 11.1 Å². The summed E-state index contributed by atoms with van der Waals surface area (Å²) >= 11 is 5.92. The summed E-state index contributed by atoms with van der Waals surface area (Å²) in [6, 6.07) is 27.4. The Kier molecular flexibility index (Phi) is 8.79. The van der Waals surface area contributed by atoms with E-state index in [-0.39, 0.29) is 13.6 Å². The van der Waals surface area contributed by atoms with Gasteiger partial charge in [-0.2, -0.15) is 5.10 Å². The average Bonchev–Trinajstić information content (AvgIpc) is 2.97. The Labute approximate surface area is 242 Å². The van der Waals surface area contributed by atoms with Crippen LogP contribution in [0.5, 0.6) is 11.5 Å². The van der Waals surface area contributed by atoms with E-state index in [1.165, 1.54) is 35.7 Å². The van der Waals surface area contributed by atoms with Crippen molar-refractivity contribution in [2.24, 2.45) is 5.10 Å². The summed E-state index contributed by atoms with van der Waals surface area (Å²) in [5, 5.41) is 17.5. The number of carbonyl (C=O) groups is 1. The molecule has 1 unspecified atom stereocenters. The minimum Gasteiger partial charge on any atom is -0.506 e. The fourth-order valence-corrected chi connectivity index (χ4v) is 5.31. The number of hydrogen-bond acceptors (Lipinski definition) is 5. The zero-order valence-electron chi connectivity index (χ0n) is 22.4. The molecular formula is C33H36ClN3O3. The van der Waals surface area contributed by atoms with Gasteiger partial charge < -0.3 is 15.2 Å². The molecule has 0 saturated heterocycles.